The van der Waals surface area contributed by atoms with E-state index in [1.54, 1.807) is 6.92 Å². The van der Waals surface area contributed by atoms with Gasteiger partial charge >= 0.3 is 12.2 Å². The molecule has 116 valence electrons. The van der Waals surface area contributed by atoms with Gasteiger partial charge in [-0.3, -0.25) is 0 Å². The molecule has 2 amide bonds. The number of carbonyl (C=O) groups is 1. The zero-order chi connectivity index (χ0) is 16.2. The molecule has 1 atom stereocenters. The highest BCUT2D eigenvalue weighted by Gasteiger charge is 2.30. The Kier molecular flexibility index (Phi) is 5.54. The normalized spacial score (nSPS) is 12.6. The molecule has 1 rings (SSSR count). The van der Waals surface area contributed by atoms with Crippen molar-refractivity contribution in [2.75, 3.05) is 18.9 Å². The number of hydrogen-bond donors (Lipinski definition) is 2. The van der Waals surface area contributed by atoms with E-state index in [0.29, 0.717) is 0 Å². The van der Waals surface area contributed by atoms with Crippen molar-refractivity contribution in [2.24, 2.45) is 11.7 Å². The molecule has 4 nitrogen and oxygen atoms in total. The van der Waals surface area contributed by atoms with Crippen molar-refractivity contribution in [1.82, 2.24) is 4.90 Å². The van der Waals surface area contributed by atoms with Crippen LogP contribution < -0.4 is 11.1 Å². The van der Waals surface area contributed by atoms with Crippen LogP contribution >= 0.6 is 12.2 Å². The number of hydrogen-bond acceptors (Lipinski definition) is 2. The Morgan fingerprint density at radius 3 is 2.62 bits per heavy atom. The van der Waals surface area contributed by atoms with Crippen molar-refractivity contribution in [2.45, 2.75) is 13.1 Å². The number of alkyl halides is 3. The SMILES string of the molecule is CC(CN(C)C(=O)Nc1cccc(C(F)(F)F)c1)C(N)=S. The summed E-state index contributed by atoms with van der Waals surface area (Å²) in [5.41, 5.74) is 4.71. The molecule has 0 radical (unpaired) electrons. The van der Waals surface area contributed by atoms with Gasteiger partial charge in [0.25, 0.3) is 0 Å². The first kappa shape index (κ1) is 17.2. The number of amides is 2. The first-order valence-electron chi connectivity index (χ1n) is 6.10. The molecule has 0 aliphatic heterocycles. The molecule has 0 aliphatic carbocycles. The fourth-order valence-electron chi connectivity index (χ4n) is 1.58. The lowest BCUT2D eigenvalue weighted by molar-refractivity contribution is -0.137. The van der Waals surface area contributed by atoms with Crippen molar-refractivity contribution in [3.8, 4) is 0 Å². The molecule has 0 heterocycles. The van der Waals surface area contributed by atoms with E-state index in [9.17, 15) is 18.0 Å². The van der Waals surface area contributed by atoms with E-state index >= 15 is 0 Å². The van der Waals surface area contributed by atoms with Crippen LogP contribution in [0.1, 0.15) is 12.5 Å². The number of thiocarbonyl (C=S) groups is 1. The Balaban J connectivity index is 2.73. The van der Waals surface area contributed by atoms with Crippen LogP contribution in [0.25, 0.3) is 0 Å². The van der Waals surface area contributed by atoms with Gasteiger partial charge in [0.2, 0.25) is 0 Å². The van der Waals surface area contributed by atoms with Gasteiger partial charge in [0, 0.05) is 25.2 Å². The summed E-state index contributed by atoms with van der Waals surface area (Å²) >= 11 is 4.81. The van der Waals surface area contributed by atoms with E-state index < -0.39 is 17.8 Å². The Morgan fingerprint density at radius 2 is 2.10 bits per heavy atom. The van der Waals surface area contributed by atoms with E-state index in [1.165, 1.54) is 24.1 Å². The summed E-state index contributed by atoms with van der Waals surface area (Å²) < 4.78 is 37.7. The molecule has 21 heavy (non-hydrogen) atoms. The fraction of sp³-hybridized carbons (Fsp3) is 0.385. The highest BCUT2D eigenvalue weighted by molar-refractivity contribution is 7.80. The smallest absolute Gasteiger partial charge is 0.393 e. The molecular formula is C13H16F3N3OS. The van der Waals surface area contributed by atoms with E-state index in [4.69, 9.17) is 18.0 Å². The summed E-state index contributed by atoms with van der Waals surface area (Å²) in [6, 6.07) is 3.91. The molecule has 0 saturated heterocycles. The van der Waals surface area contributed by atoms with Crippen molar-refractivity contribution >= 4 is 28.9 Å². The van der Waals surface area contributed by atoms with Crippen molar-refractivity contribution in [3.05, 3.63) is 29.8 Å². The highest BCUT2D eigenvalue weighted by Crippen LogP contribution is 2.30. The van der Waals surface area contributed by atoms with Gasteiger partial charge in [-0.25, -0.2) is 4.79 Å². The maximum Gasteiger partial charge on any atom is 0.416 e. The Bertz CT molecular complexity index is 534. The predicted molar refractivity (Wildman–Crippen MR) is 79.0 cm³/mol. The van der Waals surface area contributed by atoms with Gasteiger partial charge in [0.05, 0.1) is 10.6 Å². The Morgan fingerprint density at radius 1 is 1.48 bits per heavy atom. The molecule has 0 spiro atoms. The number of nitrogens with two attached hydrogens (primary N) is 1. The summed E-state index contributed by atoms with van der Waals surface area (Å²) in [6.07, 6.45) is -4.45. The summed E-state index contributed by atoms with van der Waals surface area (Å²) in [5, 5.41) is 2.40. The summed E-state index contributed by atoms with van der Waals surface area (Å²) in [7, 11) is 1.51. The van der Waals surface area contributed by atoms with Crippen LogP contribution in [-0.4, -0.2) is 29.5 Å². The molecule has 0 saturated carbocycles. The van der Waals surface area contributed by atoms with Crippen molar-refractivity contribution in [1.29, 1.82) is 0 Å². The van der Waals surface area contributed by atoms with Crippen LogP contribution in [0, 0.1) is 5.92 Å². The number of carbonyl (C=O) groups excluding carboxylic acids is 1. The van der Waals surface area contributed by atoms with E-state index in [1.807, 2.05) is 0 Å². The first-order valence-corrected chi connectivity index (χ1v) is 6.50. The van der Waals surface area contributed by atoms with Crippen LogP contribution in [0.4, 0.5) is 23.7 Å². The lowest BCUT2D eigenvalue weighted by atomic mass is 10.2. The third-order valence-electron chi connectivity index (χ3n) is 2.82. The number of benzene rings is 1. The second-order valence-corrected chi connectivity index (χ2v) is 5.16. The largest absolute Gasteiger partial charge is 0.416 e. The van der Waals surface area contributed by atoms with Gasteiger partial charge < -0.3 is 16.0 Å². The van der Waals surface area contributed by atoms with Crippen LogP contribution in [0.15, 0.2) is 24.3 Å². The Labute approximate surface area is 126 Å². The van der Waals surface area contributed by atoms with E-state index in [0.717, 1.165) is 12.1 Å². The second-order valence-electron chi connectivity index (χ2n) is 4.69. The summed E-state index contributed by atoms with van der Waals surface area (Å²) in [5.74, 6) is -0.183. The van der Waals surface area contributed by atoms with Gasteiger partial charge in [-0.15, -0.1) is 0 Å². The van der Waals surface area contributed by atoms with Crippen LogP contribution in [0.3, 0.4) is 0 Å². The average molecular weight is 319 g/mol. The quantitative estimate of drug-likeness (QED) is 0.839. The molecule has 1 unspecified atom stereocenters. The van der Waals surface area contributed by atoms with Crippen molar-refractivity contribution < 1.29 is 18.0 Å². The lowest BCUT2D eigenvalue weighted by Gasteiger charge is -2.21. The van der Waals surface area contributed by atoms with Crippen molar-refractivity contribution in [3.63, 3.8) is 0 Å². The van der Waals surface area contributed by atoms with Crippen LogP contribution in [0.2, 0.25) is 0 Å². The van der Waals surface area contributed by atoms with Gasteiger partial charge in [-0.05, 0) is 18.2 Å². The number of urea groups is 1. The molecular weight excluding hydrogens is 303 g/mol. The molecule has 1 aromatic carbocycles. The minimum atomic E-state index is -4.45. The van der Waals surface area contributed by atoms with Crippen LogP contribution in [-0.2, 0) is 6.18 Å². The first-order chi connectivity index (χ1) is 9.61. The second kappa shape index (κ2) is 6.75. The maximum absolute atomic E-state index is 12.6. The monoisotopic (exact) mass is 319 g/mol. The number of nitrogens with one attached hydrogen (secondary N) is 1. The molecule has 0 aliphatic rings. The van der Waals surface area contributed by atoms with Gasteiger partial charge in [0.1, 0.15) is 0 Å². The average Bonchev–Trinajstić information content (AvgIpc) is 2.37. The highest BCUT2D eigenvalue weighted by atomic mass is 32.1. The topological polar surface area (TPSA) is 58.4 Å². The summed E-state index contributed by atoms with van der Waals surface area (Å²) in [4.78, 5) is 13.5. The standard InChI is InChI=1S/C13H16F3N3OS/c1-8(11(17)21)7-19(2)12(20)18-10-5-3-4-9(6-10)13(14,15)16/h3-6,8H,7H2,1-2H3,(H2,17,21)(H,18,20). The summed E-state index contributed by atoms with van der Waals surface area (Å²) in [6.45, 7) is 2.04. The molecule has 0 aromatic heterocycles. The number of nitrogens with zero attached hydrogens (tertiary/aromatic N) is 1. The van der Waals surface area contributed by atoms with Crippen LogP contribution in [0.5, 0.6) is 0 Å². The van der Waals surface area contributed by atoms with Gasteiger partial charge in [-0.1, -0.05) is 25.2 Å². The molecule has 3 N–H and O–H groups in total. The van der Waals surface area contributed by atoms with Gasteiger partial charge in [0.15, 0.2) is 0 Å². The fourth-order valence-corrected chi connectivity index (χ4v) is 1.65. The van der Waals surface area contributed by atoms with Gasteiger partial charge in [-0.2, -0.15) is 13.2 Å². The third-order valence-corrected chi connectivity index (χ3v) is 3.22. The minimum absolute atomic E-state index is 0.0738. The molecule has 0 bridgehead atoms. The molecule has 8 heteroatoms. The third kappa shape index (κ3) is 5.22. The number of rotatable bonds is 4. The molecule has 0 fully saturated rings. The number of anilines is 1. The maximum atomic E-state index is 12.6. The van der Waals surface area contributed by atoms with E-state index in [-0.39, 0.29) is 23.1 Å². The molecule has 1 aromatic rings. The minimum Gasteiger partial charge on any atom is -0.393 e. The van der Waals surface area contributed by atoms with E-state index in [2.05, 4.69) is 5.32 Å². The Hall–Kier alpha value is -1.83. The predicted octanol–water partition coefficient (Wildman–Crippen LogP) is 3.09. The zero-order valence-electron chi connectivity index (χ0n) is 11.6. The number of halogens is 3. The lowest BCUT2D eigenvalue weighted by Crippen LogP contribution is -2.37. The zero-order valence-corrected chi connectivity index (χ0v) is 12.4.